The smallest absolute Gasteiger partial charge is 0.325 e. The molecule has 2 rings (SSSR count). The standard InChI is InChI=1S/C17H24FNO4/c1-17(2,23-4)11-9-12(15(22-3)13(18)10-11)14(16(20)21)19-7-5-6-8-19/h9-10,14H,5-8H2,1-4H3,(H,20,21). The van der Waals surface area contributed by atoms with E-state index >= 15 is 0 Å². The van der Waals surface area contributed by atoms with Crippen molar-refractivity contribution in [1.82, 2.24) is 4.90 Å². The van der Waals surface area contributed by atoms with E-state index in [1.165, 1.54) is 20.3 Å². The lowest BCUT2D eigenvalue weighted by Crippen LogP contribution is -2.32. The highest BCUT2D eigenvalue weighted by Crippen LogP contribution is 2.37. The average molecular weight is 325 g/mol. The maximum Gasteiger partial charge on any atom is 0.325 e. The molecule has 0 aromatic heterocycles. The van der Waals surface area contributed by atoms with Gasteiger partial charge in [0.1, 0.15) is 6.04 Å². The van der Waals surface area contributed by atoms with Crippen LogP contribution < -0.4 is 4.74 Å². The lowest BCUT2D eigenvalue weighted by molar-refractivity contribution is -0.143. The van der Waals surface area contributed by atoms with E-state index in [0.29, 0.717) is 24.2 Å². The number of carboxylic acid groups (broad SMARTS) is 1. The zero-order chi connectivity index (χ0) is 17.2. The Morgan fingerprint density at radius 3 is 2.39 bits per heavy atom. The van der Waals surface area contributed by atoms with Crippen LogP contribution in [0.4, 0.5) is 4.39 Å². The van der Waals surface area contributed by atoms with Crippen LogP contribution in [0, 0.1) is 5.82 Å². The highest BCUT2D eigenvalue weighted by atomic mass is 19.1. The minimum atomic E-state index is -1.00. The number of aliphatic carboxylic acids is 1. The van der Waals surface area contributed by atoms with Gasteiger partial charge in [-0.15, -0.1) is 0 Å². The van der Waals surface area contributed by atoms with Crippen molar-refractivity contribution >= 4 is 5.97 Å². The molecule has 0 radical (unpaired) electrons. The van der Waals surface area contributed by atoms with E-state index in [-0.39, 0.29) is 5.75 Å². The summed E-state index contributed by atoms with van der Waals surface area (Å²) in [4.78, 5) is 13.7. The van der Waals surface area contributed by atoms with E-state index in [4.69, 9.17) is 9.47 Å². The molecule has 0 aliphatic carbocycles. The highest BCUT2D eigenvalue weighted by Gasteiger charge is 2.34. The van der Waals surface area contributed by atoms with Crippen LogP contribution in [0.2, 0.25) is 0 Å². The number of rotatable bonds is 6. The lowest BCUT2D eigenvalue weighted by Gasteiger charge is -2.29. The zero-order valence-corrected chi connectivity index (χ0v) is 14.1. The average Bonchev–Trinajstić information content (AvgIpc) is 3.00. The number of benzene rings is 1. The van der Waals surface area contributed by atoms with Crippen molar-refractivity contribution in [3.05, 3.63) is 29.1 Å². The molecule has 1 fully saturated rings. The number of ether oxygens (including phenoxy) is 2. The normalized spacial score (nSPS) is 17.3. The van der Waals surface area contributed by atoms with Crippen LogP contribution in [0.15, 0.2) is 12.1 Å². The highest BCUT2D eigenvalue weighted by molar-refractivity contribution is 5.77. The Morgan fingerprint density at radius 1 is 1.30 bits per heavy atom. The van der Waals surface area contributed by atoms with Gasteiger partial charge in [-0.25, -0.2) is 4.39 Å². The molecule has 0 amide bonds. The second-order valence-corrected chi connectivity index (χ2v) is 6.28. The van der Waals surface area contributed by atoms with Crippen molar-refractivity contribution in [3.63, 3.8) is 0 Å². The van der Waals surface area contributed by atoms with Gasteiger partial charge in [-0.05, 0) is 57.5 Å². The summed E-state index contributed by atoms with van der Waals surface area (Å²) in [7, 11) is 2.89. The molecule has 1 atom stereocenters. The number of carbonyl (C=O) groups is 1. The zero-order valence-electron chi connectivity index (χ0n) is 14.1. The third-order valence-electron chi connectivity index (χ3n) is 4.52. The molecule has 6 heteroatoms. The molecule has 1 N–H and O–H groups in total. The summed E-state index contributed by atoms with van der Waals surface area (Å²) in [6, 6.07) is 2.10. The van der Waals surface area contributed by atoms with Gasteiger partial charge in [0, 0.05) is 12.7 Å². The number of hydrogen-bond acceptors (Lipinski definition) is 4. The predicted octanol–water partition coefficient (Wildman–Crippen LogP) is 2.94. The molecule has 128 valence electrons. The molecule has 23 heavy (non-hydrogen) atoms. The fourth-order valence-corrected chi connectivity index (χ4v) is 2.98. The van der Waals surface area contributed by atoms with Crippen molar-refractivity contribution in [2.75, 3.05) is 27.3 Å². The first-order chi connectivity index (χ1) is 10.8. The Balaban J connectivity index is 2.59. The summed E-state index contributed by atoms with van der Waals surface area (Å²) in [6.07, 6.45) is 1.88. The second kappa shape index (κ2) is 6.84. The van der Waals surface area contributed by atoms with Crippen LogP contribution in [0.25, 0.3) is 0 Å². The Morgan fingerprint density at radius 2 is 1.91 bits per heavy atom. The van der Waals surface area contributed by atoms with Gasteiger partial charge in [-0.1, -0.05) is 0 Å². The molecule has 1 aromatic carbocycles. The van der Waals surface area contributed by atoms with Crippen LogP contribution in [0.1, 0.15) is 43.9 Å². The van der Waals surface area contributed by atoms with Crippen molar-refractivity contribution in [1.29, 1.82) is 0 Å². The molecule has 5 nitrogen and oxygen atoms in total. The third kappa shape index (κ3) is 3.48. The van der Waals surface area contributed by atoms with Crippen LogP contribution in [0.5, 0.6) is 5.75 Å². The molecule has 1 unspecified atom stereocenters. The summed E-state index contributed by atoms with van der Waals surface area (Å²) in [5.41, 5.74) is 0.191. The number of carboxylic acids is 1. The fraction of sp³-hybridized carbons (Fsp3) is 0.588. The molecular formula is C17H24FNO4. The quantitative estimate of drug-likeness (QED) is 0.871. The predicted molar refractivity (Wildman–Crippen MR) is 84.2 cm³/mol. The van der Waals surface area contributed by atoms with E-state index in [2.05, 4.69) is 0 Å². The van der Waals surface area contributed by atoms with Crippen molar-refractivity contribution < 1.29 is 23.8 Å². The first-order valence-corrected chi connectivity index (χ1v) is 7.71. The van der Waals surface area contributed by atoms with Crippen molar-refractivity contribution in [3.8, 4) is 5.75 Å². The van der Waals surface area contributed by atoms with Gasteiger partial charge in [0.25, 0.3) is 0 Å². The second-order valence-electron chi connectivity index (χ2n) is 6.28. The first-order valence-electron chi connectivity index (χ1n) is 7.71. The summed E-state index contributed by atoms with van der Waals surface area (Å²) in [6.45, 7) is 4.98. The minimum Gasteiger partial charge on any atom is -0.493 e. The van der Waals surface area contributed by atoms with Gasteiger partial charge in [-0.2, -0.15) is 0 Å². The van der Waals surface area contributed by atoms with Crippen LogP contribution in [-0.4, -0.2) is 43.3 Å². The summed E-state index contributed by atoms with van der Waals surface area (Å²) in [5, 5.41) is 9.70. The third-order valence-corrected chi connectivity index (χ3v) is 4.52. The first kappa shape index (κ1) is 17.7. The number of hydrogen-bond donors (Lipinski definition) is 1. The fourth-order valence-electron chi connectivity index (χ4n) is 2.98. The number of methoxy groups -OCH3 is 2. The molecule has 1 aromatic rings. The van der Waals surface area contributed by atoms with Gasteiger partial charge in [0.05, 0.1) is 12.7 Å². The molecule has 0 bridgehead atoms. The van der Waals surface area contributed by atoms with Gasteiger partial charge >= 0.3 is 5.97 Å². The summed E-state index contributed by atoms with van der Waals surface area (Å²) >= 11 is 0. The van der Waals surface area contributed by atoms with Gasteiger partial charge < -0.3 is 14.6 Å². The lowest BCUT2D eigenvalue weighted by atomic mass is 9.92. The molecule has 0 saturated carbocycles. The topological polar surface area (TPSA) is 59.0 Å². The van der Waals surface area contributed by atoms with Gasteiger partial charge in [-0.3, -0.25) is 9.69 Å². The monoisotopic (exact) mass is 325 g/mol. The molecule has 0 spiro atoms. The maximum atomic E-state index is 14.5. The molecular weight excluding hydrogens is 301 g/mol. The summed E-state index contributed by atoms with van der Waals surface area (Å²) in [5.74, 6) is -1.59. The molecule has 1 aliphatic rings. The van der Waals surface area contributed by atoms with Crippen molar-refractivity contribution in [2.45, 2.75) is 38.3 Å². The van der Waals surface area contributed by atoms with E-state index < -0.39 is 23.4 Å². The molecule has 1 aliphatic heterocycles. The summed E-state index contributed by atoms with van der Waals surface area (Å²) < 4.78 is 25.1. The number of nitrogens with zero attached hydrogens (tertiary/aromatic N) is 1. The van der Waals surface area contributed by atoms with Crippen LogP contribution >= 0.6 is 0 Å². The van der Waals surface area contributed by atoms with Crippen LogP contribution in [0.3, 0.4) is 0 Å². The van der Waals surface area contributed by atoms with Gasteiger partial charge in [0.15, 0.2) is 11.6 Å². The maximum absolute atomic E-state index is 14.5. The largest absolute Gasteiger partial charge is 0.493 e. The number of likely N-dealkylation sites (tertiary alicyclic amines) is 1. The van der Waals surface area contributed by atoms with Crippen molar-refractivity contribution in [2.24, 2.45) is 0 Å². The Bertz CT molecular complexity index is 582. The SMILES string of the molecule is COc1c(F)cc(C(C)(C)OC)cc1C(C(=O)O)N1CCCC1. The molecule has 1 heterocycles. The van der Waals surface area contributed by atoms with Gasteiger partial charge in [0.2, 0.25) is 0 Å². The Labute approximate surface area is 136 Å². The van der Waals surface area contributed by atoms with E-state index in [1.54, 1.807) is 6.07 Å². The van der Waals surface area contributed by atoms with E-state index in [1.807, 2.05) is 18.7 Å². The Kier molecular flexibility index (Phi) is 5.26. The molecule has 1 saturated heterocycles. The van der Waals surface area contributed by atoms with E-state index in [9.17, 15) is 14.3 Å². The minimum absolute atomic E-state index is 0.0139. The number of halogens is 1. The Hall–Kier alpha value is -1.66. The van der Waals surface area contributed by atoms with E-state index in [0.717, 1.165) is 12.8 Å². The van der Waals surface area contributed by atoms with Crippen LogP contribution in [-0.2, 0) is 15.1 Å².